The maximum absolute atomic E-state index is 13.0. The number of carbonyl (C=O) groups excluding carboxylic acids is 1. The minimum Gasteiger partial charge on any atom is -0.339 e. The molecule has 0 aliphatic heterocycles. The van der Waals surface area contributed by atoms with E-state index in [0.717, 1.165) is 16.7 Å². The minimum atomic E-state index is -0.00749. The molecule has 0 spiro atoms. The molecule has 0 bridgehead atoms. The molecule has 0 N–H and O–H groups in total. The monoisotopic (exact) mass is 433 g/mol. The second-order valence-electron chi connectivity index (χ2n) is 6.99. The highest BCUT2D eigenvalue weighted by Gasteiger charge is 2.17. The van der Waals surface area contributed by atoms with Crippen LogP contribution in [0.3, 0.4) is 0 Å². The van der Waals surface area contributed by atoms with Gasteiger partial charge in [-0.05, 0) is 53.6 Å². The minimum absolute atomic E-state index is 0.00749. The molecule has 156 valence electrons. The summed E-state index contributed by atoms with van der Waals surface area (Å²) < 4.78 is 5.33. The first-order valence-electron chi connectivity index (χ1n) is 9.81. The Morgan fingerprint density at radius 3 is 2.45 bits per heavy atom. The van der Waals surface area contributed by atoms with E-state index < -0.39 is 0 Å². The summed E-state index contributed by atoms with van der Waals surface area (Å²) in [6.45, 7) is 0.949. The topological polar surface area (TPSA) is 85.0 Å². The van der Waals surface area contributed by atoms with E-state index in [4.69, 9.17) is 16.1 Å². The van der Waals surface area contributed by atoms with E-state index in [0.29, 0.717) is 36.2 Å². The smallest absolute Gasteiger partial charge is 0.227 e. The van der Waals surface area contributed by atoms with Gasteiger partial charge in [-0.15, -0.1) is 0 Å². The van der Waals surface area contributed by atoms with Crippen molar-refractivity contribution in [2.75, 3.05) is 0 Å². The van der Waals surface area contributed by atoms with Gasteiger partial charge in [-0.1, -0.05) is 22.8 Å². The molecule has 0 fully saturated rings. The predicted octanol–water partition coefficient (Wildman–Crippen LogP) is 4.34. The molecule has 0 aliphatic carbocycles. The highest BCUT2D eigenvalue weighted by atomic mass is 35.5. The largest absolute Gasteiger partial charge is 0.339 e. The highest BCUT2D eigenvalue weighted by molar-refractivity contribution is 6.30. The van der Waals surface area contributed by atoms with Crippen LogP contribution in [0, 0.1) is 0 Å². The van der Waals surface area contributed by atoms with Crippen molar-refractivity contribution in [3.05, 3.63) is 95.4 Å². The average Bonchev–Trinajstić information content (AvgIpc) is 3.28. The molecule has 7 nitrogen and oxygen atoms in total. The van der Waals surface area contributed by atoms with Crippen molar-refractivity contribution in [1.82, 2.24) is 25.0 Å². The summed E-state index contributed by atoms with van der Waals surface area (Å²) in [7, 11) is 0. The molecule has 31 heavy (non-hydrogen) atoms. The van der Waals surface area contributed by atoms with Gasteiger partial charge < -0.3 is 9.42 Å². The van der Waals surface area contributed by atoms with Crippen molar-refractivity contribution in [2.24, 2.45) is 0 Å². The number of benzene rings is 1. The fraction of sp³-hybridized carbons (Fsp3) is 0.174. The van der Waals surface area contributed by atoms with E-state index in [1.54, 1.807) is 41.8 Å². The molecule has 1 aromatic carbocycles. The molecule has 0 atom stereocenters. The third kappa shape index (κ3) is 5.73. The zero-order chi connectivity index (χ0) is 21.5. The molecule has 3 aromatic heterocycles. The lowest BCUT2D eigenvalue weighted by atomic mass is 10.2. The SMILES string of the molecule is O=C(CCc1nc(-c2ccc(Cl)cc2)no1)N(Cc1ccncc1)Cc1cccnc1. The van der Waals surface area contributed by atoms with E-state index in [-0.39, 0.29) is 12.3 Å². The molecule has 1 amide bonds. The normalized spacial score (nSPS) is 10.7. The Hall–Kier alpha value is -3.58. The van der Waals surface area contributed by atoms with Crippen molar-refractivity contribution in [2.45, 2.75) is 25.9 Å². The first-order chi connectivity index (χ1) is 15.2. The third-order valence-corrected chi connectivity index (χ3v) is 4.95. The Labute approximate surface area is 184 Å². The van der Waals surface area contributed by atoms with Gasteiger partial charge in [0, 0.05) is 61.3 Å². The first-order valence-corrected chi connectivity index (χ1v) is 10.2. The Morgan fingerprint density at radius 2 is 1.71 bits per heavy atom. The molecule has 4 rings (SSSR count). The summed E-state index contributed by atoms with van der Waals surface area (Å²) in [5.74, 6) is 0.888. The van der Waals surface area contributed by atoms with Gasteiger partial charge in [-0.25, -0.2) is 0 Å². The highest BCUT2D eigenvalue weighted by Crippen LogP contribution is 2.19. The van der Waals surface area contributed by atoms with E-state index in [1.165, 1.54) is 0 Å². The van der Waals surface area contributed by atoms with Crippen molar-refractivity contribution >= 4 is 17.5 Å². The lowest BCUT2D eigenvalue weighted by molar-refractivity contribution is -0.132. The molecule has 4 aromatic rings. The molecule has 0 aliphatic rings. The van der Waals surface area contributed by atoms with Crippen LogP contribution in [0.2, 0.25) is 5.02 Å². The standard InChI is InChI=1S/C23H20ClN5O2/c24-20-5-3-19(4-6-20)23-27-21(31-28-23)7-8-22(30)29(15-17-9-12-25-13-10-17)16-18-2-1-11-26-14-18/h1-6,9-14H,7-8,15-16H2. The summed E-state index contributed by atoms with van der Waals surface area (Å²) >= 11 is 5.92. The third-order valence-electron chi connectivity index (χ3n) is 4.69. The average molecular weight is 434 g/mol. The Kier molecular flexibility index (Phi) is 6.64. The van der Waals surface area contributed by atoms with Gasteiger partial charge in [0.25, 0.3) is 0 Å². The van der Waals surface area contributed by atoms with Crippen molar-refractivity contribution in [1.29, 1.82) is 0 Å². The molecule has 0 saturated carbocycles. The van der Waals surface area contributed by atoms with Crippen LogP contribution in [0.4, 0.5) is 0 Å². The van der Waals surface area contributed by atoms with Crippen molar-refractivity contribution < 1.29 is 9.32 Å². The van der Waals surface area contributed by atoms with Crippen LogP contribution in [-0.4, -0.2) is 30.9 Å². The Balaban J connectivity index is 1.42. The number of pyridine rings is 2. The van der Waals surface area contributed by atoms with E-state index >= 15 is 0 Å². The molecular weight excluding hydrogens is 414 g/mol. The lowest BCUT2D eigenvalue weighted by Gasteiger charge is -2.22. The predicted molar refractivity (Wildman–Crippen MR) is 116 cm³/mol. The first kappa shape index (κ1) is 20.7. The number of hydrogen-bond acceptors (Lipinski definition) is 6. The van der Waals surface area contributed by atoms with Gasteiger partial charge in [0.15, 0.2) is 0 Å². The maximum Gasteiger partial charge on any atom is 0.227 e. The van der Waals surface area contributed by atoms with Crippen LogP contribution in [0.25, 0.3) is 11.4 Å². The number of hydrogen-bond donors (Lipinski definition) is 0. The zero-order valence-corrected chi connectivity index (χ0v) is 17.4. The molecule has 0 radical (unpaired) electrons. The number of amides is 1. The number of aromatic nitrogens is 4. The van der Waals surface area contributed by atoms with E-state index in [9.17, 15) is 4.79 Å². The van der Waals surface area contributed by atoms with Gasteiger partial charge in [0.2, 0.25) is 17.6 Å². The van der Waals surface area contributed by atoms with Crippen molar-refractivity contribution in [3.63, 3.8) is 0 Å². The van der Waals surface area contributed by atoms with E-state index in [2.05, 4.69) is 20.1 Å². The summed E-state index contributed by atoms with van der Waals surface area (Å²) in [4.78, 5) is 27.4. The quantitative estimate of drug-likeness (QED) is 0.411. The Bertz CT molecular complexity index is 1080. The number of aryl methyl sites for hydroxylation is 1. The van der Waals surface area contributed by atoms with Crippen LogP contribution in [-0.2, 0) is 24.3 Å². The van der Waals surface area contributed by atoms with Gasteiger partial charge in [0.05, 0.1) is 0 Å². The zero-order valence-electron chi connectivity index (χ0n) is 16.7. The molecule has 0 saturated heterocycles. The number of nitrogens with zero attached hydrogens (tertiary/aromatic N) is 5. The molecule has 3 heterocycles. The summed E-state index contributed by atoms with van der Waals surface area (Å²) in [5.41, 5.74) is 2.78. The molecule has 8 heteroatoms. The second-order valence-corrected chi connectivity index (χ2v) is 7.42. The maximum atomic E-state index is 13.0. The summed E-state index contributed by atoms with van der Waals surface area (Å²) in [6.07, 6.45) is 7.54. The van der Waals surface area contributed by atoms with Crippen LogP contribution in [0.15, 0.2) is 77.8 Å². The van der Waals surface area contributed by atoms with Crippen LogP contribution >= 0.6 is 11.6 Å². The second kappa shape index (κ2) is 9.95. The van der Waals surface area contributed by atoms with Gasteiger partial charge in [-0.2, -0.15) is 4.98 Å². The molecule has 0 unspecified atom stereocenters. The van der Waals surface area contributed by atoms with E-state index in [1.807, 2.05) is 36.4 Å². The van der Waals surface area contributed by atoms with Crippen molar-refractivity contribution in [3.8, 4) is 11.4 Å². The van der Waals surface area contributed by atoms with Gasteiger partial charge in [0.1, 0.15) is 0 Å². The number of carbonyl (C=O) groups is 1. The number of halogens is 1. The Morgan fingerprint density at radius 1 is 0.935 bits per heavy atom. The van der Waals surface area contributed by atoms with Gasteiger partial charge >= 0.3 is 0 Å². The fourth-order valence-electron chi connectivity index (χ4n) is 3.10. The van der Waals surface area contributed by atoms with Gasteiger partial charge in [-0.3, -0.25) is 14.8 Å². The van der Waals surface area contributed by atoms with Crippen LogP contribution < -0.4 is 0 Å². The number of rotatable bonds is 8. The van der Waals surface area contributed by atoms with Crippen LogP contribution in [0.1, 0.15) is 23.4 Å². The summed E-state index contributed by atoms with van der Waals surface area (Å²) in [5, 5.41) is 4.64. The summed E-state index contributed by atoms with van der Waals surface area (Å²) in [6, 6.07) is 14.8. The fourth-order valence-corrected chi connectivity index (χ4v) is 3.22. The lowest BCUT2D eigenvalue weighted by Crippen LogP contribution is -2.30. The molecular formula is C23H20ClN5O2. The van der Waals surface area contributed by atoms with Crippen LogP contribution in [0.5, 0.6) is 0 Å².